The molecule has 0 saturated carbocycles. The fraction of sp³-hybridized carbons (Fsp3) is 0.250. The third kappa shape index (κ3) is 2.42. The molecule has 86 valence electrons. The SMILES string of the molecule is C=CC(C)(Cc1cccc(Cl)c1F)C(=O)O. The lowest BCUT2D eigenvalue weighted by Crippen LogP contribution is -2.27. The van der Waals surface area contributed by atoms with Crippen molar-refractivity contribution in [3.05, 3.63) is 47.3 Å². The number of carbonyl (C=O) groups is 1. The molecule has 0 radical (unpaired) electrons. The van der Waals surface area contributed by atoms with Crippen molar-refractivity contribution in [3.8, 4) is 0 Å². The molecule has 0 saturated heterocycles. The van der Waals surface area contributed by atoms with E-state index in [0.717, 1.165) is 0 Å². The Morgan fingerprint density at radius 1 is 1.69 bits per heavy atom. The van der Waals surface area contributed by atoms with Crippen molar-refractivity contribution in [1.82, 2.24) is 0 Å². The van der Waals surface area contributed by atoms with Crippen molar-refractivity contribution in [2.24, 2.45) is 5.41 Å². The highest BCUT2D eigenvalue weighted by Gasteiger charge is 2.30. The highest BCUT2D eigenvalue weighted by Crippen LogP contribution is 2.28. The zero-order valence-corrected chi connectivity index (χ0v) is 9.59. The van der Waals surface area contributed by atoms with Crippen molar-refractivity contribution in [2.45, 2.75) is 13.3 Å². The molecule has 0 aliphatic rings. The monoisotopic (exact) mass is 242 g/mol. The van der Waals surface area contributed by atoms with E-state index in [0.29, 0.717) is 0 Å². The van der Waals surface area contributed by atoms with Crippen LogP contribution in [0.1, 0.15) is 12.5 Å². The molecular weight excluding hydrogens is 231 g/mol. The Balaban J connectivity index is 3.08. The van der Waals surface area contributed by atoms with Gasteiger partial charge in [-0.1, -0.05) is 29.8 Å². The molecule has 16 heavy (non-hydrogen) atoms. The Hall–Kier alpha value is -1.35. The van der Waals surface area contributed by atoms with Crippen LogP contribution in [0.2, 0.25) is 5.02 Å². The standard InChI is InChI=1S/C12H12ClFO2/c1-3-12(2,11(15)16)7-8-5-4-6-9(13)10(8)14/h3-6H,1,7H2,2H3,(H,15,16). The van der Waals surface area contributed by atoms with Gasteiger partial charge in [-0.3, -0.25) is 4.79 Å². The van der Waals surface area contributed by atoms with E-state index in [-0.39, 0.29) is 17.0 Å². The first-order valence-electron chi connectivity index (χ1n) is 4.70. The van der Waals surface area contributed by atoms with Gasteiger partial charge in [-0.05, 0) is 25.0 Å². The Bertz CT molecular complexity index is 431. The lowest BCUT2D eigenvalue weighted by Gasteiger charge is -2.20. The van der Waals surface area contributed by atoms with Gasteiger partial charge in [0.05, 0.1) is 10.4 Å². The number of rotatable bonds is 4. The number of hydrogen-bond donors (Lipinski definition) is 1. The highest BCUT2D eigenvalue weighted by molar-refractivity contribution is 6.30. The fourth-order valence-electron chi connectivity index (χ4n) is 1.32. The van der Waals surface area contributed by atoms with E-state index in [1.165, 1.54) is 25.1 Å². The smallest absolute Gasteiger partial charge is 0.313 e. The van der Waals surface area contributed by atoms with Gasteiger partial charge in [0.15, 0.2) is 0 Å². The summed E-state index contributed by atoms with van der Waals surface area (Å²) in [7, 11) is 0. The van der Waals surface area contributed by atoms with Gasteiger partial charge >= 0.3 is 5.97 Å². The Labute approximate surface area is 98.4 Å². The van der Waals surface area contributed by atoms with Gasteiger partial charge in [-0.2, -0.15) is 0 Å². The van der Waals surface area contributed by atoms with Crippen LogP contribution in [0.5, 0.6) is 0 Å². The first kappa shape index (κ1) is 12.7. The molecule has 0 heterocycles. The lowest BCUT2D eigenvalue weighted by atomic mass is 9.84. The molecule has 0 aliphatic carbocycles. The molecule has 1 N–H and O–H groups in total. The molecule has 1 aromatic rings. The first-order chi connectivity index (χ1) is 7.40. The Morgan fingerprint density at radius 3 is 2.81 bits per heavy atom. The van der Waals surface area contributed by atoms with E-state index in [9.17, 15) is 9.18 Å². The molecule has 1 unspecified atom stereocenters. The highest BCUT2D eigenvalue weighted by atomic mass is 35.5. The Kier molecular flexibility index (Phi) is 3.70. The number of carboxylic acids is 1. The van der Waals surface area contributed by atoms with Crippen LogP contribution in [-0.2, 0) is 11.2 Å². The van der Waals surface area contributed by atoms with Gasteiger partial charge in [-0.15, -0.1) is 6.58 Å². The molecule has 0 fully saturated rings. The molecule has 2 nitrogen and oxygen atoms in total. The van der Waals surface area contributed by atoms with Crippen molar-refractivity contribution < 1.29 is 14.3 Å². The summed E-state index contributed by atoms with van der Waals surface area (Å²) in [5.74, 6) is -1.61. The minimum Gasteiger partial charge on any atom is -0.481 e. The minimum atomic E-state index is -1.19. The van der Waals surface area contributed by atoms with Crippen LogP contribution < -0.4 is 0 Å². The summed E-state index contributed by atoms with van der Waals surface area (Å²) in [6.45, 7) is 4.95. The average molecular weight is 243 g/mol. The number of hydrogen-bond acceptors (Lipinski definition) is 1. The van der Waals surface area contributed by atoms with E-state index in [2.05, 4.69) is 6.58 Å². The van der Waals surface area contributed by atoms with Crippen LogP contribution in [0, 0.1) is 11.2 Å². The predicted molar refractivity (Wildman–Crippen MR) is 61.1 cm³/mol. The second-order valence-electron chi connectivity index (χ2n) is 3.82. The third-order valence-corrected chi connectivity index (χ3v) is 2.82. The second kappa shape index (κ2) is 4.66. The van der Waals surface area contributed by atoms with Crippen molar-refractivity contribution in [2.75, 3.05) is 0 Å². The summed E-state index contributed by atoms with van der Waals surface area (Å²) in [5, 5.41) is 9.02. The van der Waals surface area contributed by atoms with Crippen LogP contribution in [0.25, 0.3) is 0 Å². The van der Waals surface area contributed by atoms with Gasteiger partial charge in [-0.25, -0.2) is 4.39 Å². The maximum absolute atomic E-state index is 13.6. The van der Waals surface area contributed by atoms with Gasteiger partial charge in [0.2, 0.25) is 0 Å². The van der Waals surface area contributed by atoms with E-state index < -0.39 is 17.2 Å². The van der Waals surface area contributed by atoms with E-state index in [4.69, 9.17) is 16.7 Å². The summed E-state index contributed by atoms with van der Waals surface area (Å²) in [4.78, 5) is 11.0. The molecule has 0 amide bonds. The summed E-state index contributed by atoms with van der Waals surface area (Å²) >= 11 is 5.62. The van der Waals surface area contributed by atoms with Crippen LogP contribution in [0.4, 0.5) is 4.39 Å². The molecule has 0 aromatic heterocycles. The molecule has 0 bridgehead atoms. The molecule has 0 aliphatic heterocycles. The van der Waals surface area contributed by atoms with Gasteiger partial charge < -0.3 is 5.11 Å². The van der Waals surface area contributed by atoms with Crippen LogP contribution in [0.3, 0.4) is 0 Å². The quantitative estimate of drug-likeness (QED) is 0.823. The summed E-state index contributed by atoms with van der Waals surface area (Å²) < 4.78 is 13.6. The average Bonchev–Trinajstić information content (AvgIpc) is 2.24. The van der Waals surface area contributed by atoms with E-state index in [1.807, 2.05) is 0 Å². The number of halogens is 2. The molecular formula is C12H12ClFO2. The van der Waals surface area contributed by atoms with Gasteiger partial charge in [0.1, 0.15) is 5.82 Å². The van der Waals surface area contributed by atoms with Crippen molar-refractivity contribution in [3.63, 3.8) is 0 Å². The van der Waals surface area contributed by atoms with Gasteiger partial charge in [0, 0.05) is 0 Å². The fourth-order valence-corrected chi connectivity index (χ4v) is 1.51. The predicted octanol–water partition coefficient (Wildman–Crippen LogP) is 3.30. The maximum atomic E-state index is 13.6. The van der Waals surface area contributed by atoms with Crippen LogP contribution in [-0.4, -0.2) is 11.1 Å². The van der Waals surface area contributed by atoms with Crippen LogP contribution in [0.15, 0.2) is 30.9 Å². The number of benzene rings is 1. The third-order valence-electron chi connectivity index (χ3n) is 2.53. The zero-order valence-electron chi connectivity index (χ0n) is 8.84. The van der Waals surface area contributed by atoms with Crippen LogP contribution >= 0.6 is 11.6 Å². The van der Waals surface area contributed by atoms with E-state index >= 15 is 0 Å². The summed E-state index contributed by atoms with van der Waals surface area (Å²) in [6, 6.07) is 4.53. The van der Waals surface area contributed by atoms with Crippen molar-refractivity contribution >= 4 is 17.6 Å². The normalized spacial score (nSPS) is 14.2. The largest absolute Gasteiger partial charge is 0.481 e. The summed E-state index contributed by atoms with van der Waals surface area (Å²) in [6.07, 6.45) is 1.33. The topological polar surface area (TPSA) is 37.3 Å². The minimum absolute atomic E-state index is 0.00528. The Morgan fingerprint density at radius 2 is 2.31 bits per heavy atom. The maximum Gasteiger partial charge on any atom is 0.313 e. The summed E-state index contributed by atoms with van der Waals surface area (Å²) in [5.41, 5.74) is -0.914. The molecule has 1 aromatic carbocycles. The number of aliphatic carboxylic acids is 1. The van der Waals surface area contributed by atoms with E-state index in [1.54, 1.807) is 6.07 Å². The molecule has 1 atom stereocenters. The number of carboxylic acid groups (broad SMARTS) is 1. The first-order valence-corrected chi connectivity index (χ1v) is 5.08. The second-order valence-corrected chi connectivity index (χ2v) is 4.22. The molecule has 4 heteroatoms. The zero-order chi connectivity index (χ0) is 12.3. The molecule has 0 spiro atoms. The lowest BCUT2D eigenvalue weighted by molar-refractivity contribution is -0.145. The molecule has 1 rings (SSSR count). The van der Waals surface area contributed by atoms with Crippen molar-refractivity contribution in [1.29, 1.82) is 0 Å². The van der Waals surface area contributed by atoms with Gasteiger partial charge in [0.25, 0.3) is 0 Å².